The summed E-state index contributed by atoms with van der Waals surface area (Å²) in [5.74, 6) is 0.611. The fourth-order valence-corrected chi connectivity index (χ4v) is 5.66. The molecule has 4 rings (SSSR count). The van der Waals surface area contributed by atoms with Crippen molar-refractivity contribution in [2.45, 2.75) is 36.7 Å². The van der Waals surface area contributed by atoms with Crippen molar-refractivity contribution in [2.75, 3.05) is 13.1 Å². The van der Waals surface area contributed by atoms with Gasteiger partial charge in [0.15, 0.2) is 0 Å². The Morgan fingerprint density at radius 1 is 0.938 bits per heavy atom. The van der Waals surface area contributed by atoms with Crippen LogP contribution >= 0.6 is 0 Å². The van der Waals surface area contributed by atoms with Gasteiger partial charge in [0.2, 0.25) is 10.0 Å². The highest BCUT2D eigenvalue weighted by molar-refractivity contribution is 7.89. The summed E-state index contributed by atoms with van der Waals surface area (Å²) >= 11 is 0. The molecule has 0 saturated carbocycles. The number of carbonyl (C=O) groups is 1. The number of hydrogen-bond donors (Lipinski definition) is 2. The van der Waals surface area contributed by atoms with Crippen LogP contribution in [-0.2, 0) is 16.6 Å². The van der Waals surface area contributed by atoms with E-state index in [1.165, 1.54) is 4.31 Å². The summed E-state index contributed by atoms with van der Waals surface area (Å²) in [5, 5.41) is 5.73. The Labute approximate surface area is 188 Å². The number of carbonyl (C=O) groups excluding carboxylic acids is 1. The van der Waals surface area contributed by atoms with E-state index in [2.05, 4.69) is 10.6 Å². The normalized spacial score (nSPS) is 15.8. The lowest BCUT2D eigenvalue weighted by molar-refractivity contribution is 0.236. The van der Waals surface area contributed by atoms with Crippen molar-refractivity contribution in [3.8, 4) is 0 Å². The summed E-state index contributed by atoms with van der Waals surface area (Å²) in [7, 11) is -3.60. The Bertz CT molecular complexity index is 1130. The number of nitrogens with zero attached hydrogens (tertiary/aromatic N) is 1. The summed E-state index contributed by atoms with van der Waals surface area (Å²) in [6.07, 6.45) is 4.35. The van der Waals surface area contributed by atoms with Gasteiger partial charge in [-0.05, 0) is 42.2 Å². The molecular weight excluding hydrogens is 426 g/mol. The first-order chi connectivity index (χ1) is 15.6. The molecule has 32 heavy (non-hydrogen) atoms. The minimum Gasteiger partial charge on any atom is -0.467 e. The highest BCUT2D eigenvalue weighted by Gasteiger charge is 2.28. The van der Waals surface area contributed by atoms with E-state index < -0.39 is 22.1 Å². The minimum absolute atomic E-state index is 0.0920. The smallest absolute Gasteiger partial charge is 0.315 e. The largest absolute Gasteiger partial charge is 0.467 e. The van der Waals surface area contributed by atoms with Crippen LogP contribution in [0.25, 0.3) is 0 Å². The lowest BCUT2D eigenvalue weighted by atomic mass is 10.1. The van der Waals surface area contributed by atoms with Gasteiger partial charge in [-0.1, -0.05) is 55.0 Å². The molecule has 3 aromatic rings. The van der Waals surface area contributed by atoms with Crippen LogP contribution in [0.5, 0.6) is 0 Å². The molecule has 2 aromatic carbocycles. The minimum atomic E-state index is -3.60. The second-order valence-corrected chi connectivity index (χ2v) is 9.66. The maximum absolute atomic E-state index is 13.2. The number of sulfonamides is 1. The van der Waals surface area contributed by atoms with Gasteiger partial charge in [-0.3, -0.25) is 0 Å². The number of benzene rings is 2. The van der Waals surface area contributed by atoms with E-state index in [0.29, 0.717) is 24.4 Å². The second-order valence-electron chi connectivity index (χ2n) is 7.76. The summed E-state index contributed by atoms with van der Waals surface area (Å²) < 4.78 is 33.4. The molecule has 1 saturated heterocycles. The Morgan fingerprint density at radius 2 is 1.66 bits per heavy atom. The van der Waals surface area contributed by atoms with Gasteiger partial charge in [0.25, 0.3) is 0 Å². The van der Waals surface area contributed by atoms with Crippen molar-refractivity contribution < 1.29 is 17.6 Å². The first kappa shape index (κ1) is 22.1. The van der Waals surface area contributed by atoms with Crippen LogP contribution in [0.4, 0.5) is 4.79 Å². The maximum Gasteiger partial charge on any atom is 0.315 e. The number of piperidine rings is 1. The van der Waals surface area contributed by atoms with E-state index in [9.17, 15) is 13.2 Å². The third-order valence-corrected chi connectivity index (χ3v) is 7.58. The van der Waals surface area contributed by atoms with Crippen LogP contribution < -0.4 is 10.6 Å². The van der Waals surface area contributed by atoms with Crippen LogP contribution in [0.1, 0.15) is 42.2 Å². The number of nitrogens with one attached hydrogen (secondary N) is 2. The van der Waals surface area contributed by atoms with Gasteiger partial charge in [-0.15, -0.1) is 0 Å². The summed E-state index contributed by atoms with van der Waals surface area (Å²) in [6.45, 7) is 1.16. The molecule has 0 aliphatic carbocycles. The molecule has 1 aliphatic heterocycles. The molecule has 0 bridgehead atoms. The van der Waals surface area contributed by atoms with Gasteiger partial charge in [-0.25, -0.2) is 13.2 Å². The van der Waals surface area contributed by atoms with Crippen LogP contribution in [-0.4, -0.2) is 31.8 Å². The average molecular weight is 454 g/mol. The average Bonchev–Trinajstić information content (AvgIpc) is 3.37. The second kappa shape index (κ2) is 10.0. The van der Waals surface area contributed by atoms with Crippen LogP contribution in [0.2, 0.25) is 0 Å². The van der Waals surface area contributed by atoms with Gasteiger partial charge in [-0.2, -0.15) is 4.31 Å². The molecule has 1 aliphatic rings. The Kier molecular flexibility index (Phi) is 6.92. The third kappa shape index (κ3) is 5.03. The molecule has 8 heteroatoms. The molecule has 0 spiro atoms. The van der Waals surface area contributed by atoms with Crippen molar-refractivity contribution >= 4 is 16.1 Å². The SMILES string of the molecule is O=C(NCc1ccccc1S(=O)(=O)N1CCCCC1)NC(c1ccccc1)c1ccco1. The molecule has 2 heterocycles. The molecule has 168 valence electrons. The van der Waals surface area contributed by atoms with Crippen molar-refractivity contribution in [2.24, 2.45) is 0 Å². The van der Waals surface area contributed by atoms with Gasteiger partial charge in [0, 0.05) is 19.6 Å². The summed E-state index contributed by atoms with van der Waals surface area (Å²) in [5.41, 5.74) is 1.44. The molecule has 1 atom stereocenters. The van der Waals surface area contributed by atoms with E-state index in [-0.39, 0.29) is 11.4 Å². The van der Waals surface area contributed by atoms with Crippen molar-refractivity contribution in [3.05, 3.63) is 89.9 Å². The zero-order valence-electron chi connectivity index (χ0n) is 17.7. The number of urea groups is 1. The van der Waals surface area contributed by atoms with Gasteiger partial charge in [0.05, 0.1) is 11.2 Å². The topological polar surface area (TPSA) is 91.7 Å². The first-order valence-electron chi connectivity index (χ1n) is 10.8. The van der Waals surface area contributed by atoms with E-state index in [4.69, 9.17) is 4.42 Å². The lowest BCUT2D eigenvalue weighted by Crippen LogP contribution is -2.39. The van der Waals surface area contributed by atoms with Crippen molar-refractivity contribution in [3.63, 3.8) is 0 Å². The first-order valence-corrected chi connectivity index (χ1v) is 12.2. The molecule has 0 radical (unpaired) electrons. The maximum atomic E-state index is 13.2. The van der Waals surface area contributed by atoms with E-state index in [0.717, 1.165) is 24.8 Å². The molecule has 1 aromatic heterocycles. The van der Waals surface area contributed by atoms with Gasteiger partial charge in [0.1, 0.15) is 11.8 Å². The van der Waals surface area contributed by atoms with Gasteiger partial charge >= 0.3 is 6.03 Å². The fraction of sp³-hybridized carbons (Fsp3) is 0.292. The third-order valence-electron chi connectivity index (χ3n) is 5.58. The Morgan fingerprint density at radius 3 is 2.38 bits per heavy atom. The number of hydrogen-bond acceptors (Lipinski definition) is 4. The van der Waals surface area contributed by atoms with Crippen LogP contribution in [0, 0.1) is 0 Å². The zero-order valence-corrected chi connectivity index (χ0v) is 18.6. The molecule has 2 N–H and O–H groups in total. The highest BCUT2D eigenvalue weighted by atomic mass is 32.2. The molecule has 1 fully saturated rings. The Hall–Kier alpha value is -3.10. The quantitative estimate of drug-likeness (QED) is 0.565. The van der Waals surface area contributed by atoms with Gasteiger partial charge < -0.3 is 15.1 Å². The van der Waals surface area contributed by atoms with E-state index in [1.54, 1.807) is 42.7 Å². The zero-order chi connectivity index (χ0) is 22.4. The monoisotopic (exact) mass is 453 g/mol. The molecule has 7 nitrogen and oxygen atoms in total. The molecule has 1 unspecified atom stereocenters. The highest BCUT2D eigenvalue weighted by Crippen LogP contribution is 2.24. The molecular formula is C24H27N3O4S. The van der Waals surface area contributed by atoms with E-state index >= 15 is 0 Å². The number of amides is 2. The summed E-state index contributed by atoms with van der Waals surface area (Å²) in [4.78, 5) is 13.0. The number of rotatable bonds is 7. The van der Waals surface area contributed by atoms with Crippen molar-refractivity contribution in [1.29, 1.82) is 0 Å². The predicted molar refractivity (Wildman–Crippen MR) is 121 cm³/mol. The van der Waals surface area contributed by atoms with Crippen molar-refractivity contribution in [1.82, 2.24) is 14.9 Å². The molecule has 2 amide bonds. The standard InChI is InChI=1S/C24H27N3O4S/c28-24(26-23(21-13-9-17-31-21)19-10-3-1-4-11-19)25-18-20-12-5-6-14-22(20)32(29,30)27-15-7-2-8-16-27/h1,3-6,9-14,17,23H,2,7-8,15-16,18H2,(H2,25,26,28). The fourth-order valence-electron chi connectivity index (χ4n) is 3.92. The lowest BCUT2D eigenvalue weighted by Gasteiger charge is -2.27. The summed E-state index contributed by atoms with van der Waals surface area (Å²) in [6, 6.07) is 19.0. The van der Waals surface area contributed by atoms with E-state index in [1.807, 2.05) is 30.3 Å². The van der Waals surface area contributed by atoms with Crippen LogP contribution in [0.3, 0.4) is 0 Å². The number of furan rings is 1. The Balaban J connectivity index is 1.47. The predicted octanol–water partition coefficient (Wildman–Crippen LogP) is 4.04. The van der Waals surface area contributed by atoms with Crippen LogP contribution in [0.15, 0.2) is 82.3 Å².